The lowest BCUT2D eigenvalue weighted by atomic mass is 9.78. The van der Waals surface area contributed by atoms with Crippen LogP contribution in [0.15, 0.2) is 30.5 Å². The largest absolute Gasteiger partial charge is 0.497 e. The second-order valence-corrected chi connectivity index (χ2v) is 10.7. The Bertz CT molecular complexity index is 1060. The standard InChI is InChI=1S/C27H36O13/c1-35-14-4-2-13(3-5-14)17-10-36-18-8-15(6-7-16(18)20(17)30)38-25-23(22(32)21(31)19(9-28)39-25)40-26-24(33)27(34,11-29)12-37-26/h2-5,10,15-16,18-19,21-26,28-29,31-34H,6-9,11-12H2,1H3/t15?,16?,18?,19-,21-,22+,23-,24+,25-,26+,27-/m1/s1. The Morgan fingerprint density at radius 2 is 1.77 bits per heavy atom. The summed E-state index contributed by atoms with van der Waals surface area (Å²) in [6, 6.07) is 7.14. The second-order valence-electron chi connectivity index (χ2n) is 10.7. The number of methoxy groups -OCH3 is 1. The minimum Gasteiger partial charge on any atom is -0.497 e. The van der Waals surface area contributed by atoms with E-state index < -0.39 is 80.7 Å². The molecule has 0 aromatic heterocycles. The summed E-state index contributed by atoms with van der Waals surface area (Å²) in [7, 11) is 1.57. The molecule has 1 aromatic carbocycles. The number of benzene rings is 1. The summed E-state index contributed by atoms with van der Waals surface area (Å²) in [6.07, 6.45) is -8.38. The molecule has 13 nitrogen and oxygen atoms in total. The van der Waals surface area contributed by atoms with Crippen LogP contribution in [0.1, 0.15) is 24.8 Å². The van der Waals surface area contributed by atoms with Gasteiger partial charge in [-0.3, -0.25) is 4.79 Å². The van der Waals surface area contributed by atoms with Crippen LogP contribution in [-0.4, -0.2) is 124 Å². The van der Waals surface area contributed by atoms with Gasteiger partial charge in [0.25, 0.3) is 0 Å². The van der Waals surface area contributed by atoms with E-state index in [2.05, 4.69) is 0 Å². The third-order valence-electron chi connectivity index (χ3n) is 8.13. The zero-order chi connectivity index (χ0) is 28.6. The van der Waals surface area contributed by atoms with E-state index in [-0.39, 0.29) is 11.7 Å². The molecule has 6 N–H and O–H groups in total. The Morgan fingerprint density at radius 1 is 1.02 bits per heavy atom. The lowest BCUT2D eigenvalue weighted by Crippen LogP contribution is -2.62. The average molecular weight is 569 g/mol. The van der Waals surface area contributed by atoms with Gasteiger partial charge in [-0.25, -0.2) is 0 Å². The molecule has 3 fully saturated rings. The third kappa shape index (κ3) is 5.51. The molecule has 2 saturated heterocycles. The molecule has 4 aliphatic rings. The molecule has 3 aliphatic heterocycles. The van der Waals surface area contributed by atoms with Crippen LogP contribution >= 0.6 is 0 Å². The van der Waals surface area contributed by atoms with E-state index in [4.69, 9.17) is 28.4 Å². The van der Waals surface area contributed by atoms with E-state index in [0.717, 1.165) is 5.56 Å². The molecule has 1 saturated carbocycles. The summed E-state index contributed by atoms with van der Waals surface area (Å²) < 4.78 is 34.0. The number of hydrogen-bond donors (Lipinski definition) is 6. The predicted molar refractivity (Wildman–Crippen MR) is 133 cm³/mol. The number of Topliss-reactive ketones (excluding diaryl/α,β-unsaturated/α-hetero) is 1. The molecule has 3 heterocycles. The monoisotopic (exact) mass is 568 g/mol. The van der Waals surface area contributed by atoms with Crippen molar-refractivity contribution in [1.29, 1.82) is 0 Å². The number of rotatable bonds is 8. The first-order valence-corrected chi connectivity index (χ1v) is 13.3. The maximum Gasteiger partial charge on any atom is 0.187 e. The van der Waals surface area contributed by atoms with Gasteiger partial charge in [0.1, 0.15) is 48.0 Å². The fourth-order valence-electron chi connectivity index (χ4n) is 5.62. The Kier molecular flexibility index (Phi) is 8.78. The van der Waals surface area contributed by atoms with E-state index in [1.54, 1.807) is 31.4 Å². The summed E-state index contributed by atoms with van der Waals surface area (Å²) in [6.45, 7) is -1.82. The van der Waals surface area contributed by atoms with Crippen LogP contribution in [0.4, 0.5) is 0 Å². The molecule has 40 heavy (non-hydrogen) atoms. The minimum absolute atomic E-state index is 0.0300. The lowest BCUT2D eigenvalue weighted by Gasteiger charge is -2.45. The van der Waals surface area contributed by atoms with Crippen LogP contribution < -0.4 is 4.74 Å². The summed E-state index contributed by atoms with van der Waals surface area (Å²) in [5.74, 6) is 0.269. The van der Waals surface area contributed by atoms with E-state index in [1.807, 2.05) is 0 Å². The normalized spacial score (nSPS) is 41.7. The maximum absolute atomic E-state index is 13.3. The van der Waals surface area contributed by atoms with Crippen molar-refractivity contribution in [3.8, 4) is 5.75 Å². The summed E-state index contributed by atoms with van der Waals surface area (Å²) >= 11 is 0. The Hall–Kier alpha value is -2.17. The molecule has 1 aliphatic carbocycles. The fraction of sp³-hybridized carbons (Fsp3) is 0.667. The average Bonchev–Trinajstić information content (AvgIpc) is 3.26. The number of ketones is 1. The smallest absolute Gasteiger partial charge is 0.187 e. The Labute approximate surface area is 230 Å². The molecule has 222 valence electrons. The lowest BCUT2D eigenvalue weighted by molar-refractivity contribution is -0.345. The predicted octanol–water partition coefficient (Wildman–Crippen LogP) is -1.55. The van der Waals surface area contributed by atoms with Crippen molar-refractivity contribution in [3.63, 3.8) is 0 Å². The highest BCUT2D eigenvalue weighted by Gasteiger charge is 2.54. The topological polar surface area (TPSA) is 194 Å². The molecule has 0 bridgehead atoms. The quantitative estimate of drug-likeness (QED) is 0.211. The number of aliphatic hydroxyl groups is 6. The molecular formula is C27H36O13. The van der Waals surface area contributed by atoms with Crippen molar-refractivity contribution in [1.82, 2.24) is 0 Å². The van der Waals surface area contributed by atoms with E-state index in [0.29, 0.717) is 30.6 Å². The zero-order valence-electron chi connectivity index (χ0n) is 21.9. The zero-order valence-corrected chi connectivity index (χ0v) is 21.9. The summed E-state index contributed by atoms with van der Waals surface area (Å²) in [4.78, 5) is 13.3. The van der Waals surface area contributed by atoms with Crippen molar-refractivity contribution >= 4 is 11.4 Å². The number of carbonyl (C=O) groups is 1. The minimum atomic E-state index is -1.96. The highest BCUT2D eigenvalue weighted by atomic mass is 16.8. The fourth-order valence-corrected chi connectivity index (χ4v) is 5.62. The molecule has 13 heteroatoms. The highest BCUT2D eigenvalue weighted by molar-refractivity contribution is 6.22. The number of fused-ring (bicyclic) bond motifs is 1. The molecule has 1 aromatic rings. The molecule has 11 atom stereocenters. The van der Waals surface area contributed by atoms with Gasteiger partial charge >= 0.3 is 0 Å². The second kappa shape index (κ2) is 12.0. The number of aliphatic hydroxyl groups excluding tert-OH is 5. The molecule has 0 radical (unpaired) electrons. The van der Waals surface area contributed by atoms with Crippen LogP contribution in [-0.2, 0) is 28.5 Å². The van der Waals surface area contributed by atoms with Gasteiger partial charge in [-0.15, -0.1) is 0 Å². The van der Waals surface area contributed by atoms with Gasteiger partial charge in [-0.05, 0) is 30.5 Å². The summed E-state index contributed by atoms with van der Waals surface area (Å²) in [5, 5.41) is 60.9. The molecule has 0 spiro atoms. The van der Waals surface area contributed by atoms with Crippen molar-refractivity contribution in [2.75, 3.05) is 26.9 Å². The van der Waals surface area contributed by atoms with Crippen LogP contribution in [0.25, 0.3) is 5.57 Å². The van der Waals surface area contributed by atoms with E-state index >= 15 is 0 Å². The van der Waals surface area contributed by atoms with Gasteiger partial charge in [0, 0.05) is 6.42 Å². The molecule has 5 rings (SSSR count). The van der Waals surface area contributed by atoms with Crippen LogP contribution in [0.2, 0.25) is 0 Å². The molecule has 0 amide bonds. The van der Waals surface area contributed by atoms with Crippen molar-refractivity contribution in [2.45, 2.75) is 80.2 Å². The van der Waals surface area contributed by atoms with E-state index in [9.17, 15) is 35.4 Å². The van der Waals surface area contributed by atoms with E-state index in [1.165, 1.54) is 6.26 Å². The first-order valence-electron chi connectivity index (χ1n) is 13.3. The van der Waals surface area contributed by atoms with Crippen molar-refractivity contribution < 1.29 is 63.9 Å². The molecule has 3 unspecified atom stereocenters. The van der Waals surface area contributed by atoms with Gasteiger partial charge in [-0.2, -0.15) is 0 Å². The number of carbonyl (C=O) groups excluding carboxylic acids is 1. The maximum atomic E-state index is 13.3. The molecular weight excluding hydrogens is 532 g/mol. The van der Waals surface area contributed by atoms with Crippen LogP contribution in [0, 0.1) is 5.92 Å². The van der Waals surface area contributed by atoms with Gasteiger partial charge in [-0.1, -0.05) is 12.1 Å². The van der Waals surface area contributed by atoms with Crippen molar-refractivity contribution in [2.24, 2.45) is 5.92 Å². The van der Waals surface area contributed by atoms with Gasteiger partial charge in [0.2, 0.25) is 0 Å². The Morgan fingerprint density at radius 3 is 2.42 bits per heavy atom. The highest BCUT2D eigenvalue weighted by Crippen LogP contribution is 2.39. The third-order valence-corrected chi connectivity index (χ3v) is 8.13. The number of allylic oxidation sites excluding steroid dienone is 1. The number of hydrogen-bond acceptors (Lipinski definition) is 13. The van der Waals surface area contributed by atoms with Crippen LogP contribution in [0.3, 0.4) is 0 Å². The summed E-state index contributed by atoms with van der Waals surface area (Å²) in [5.41, 5.74) is -0.756. The first-order chi connectivity index (χ1) is 19.2. The van der Waals surface area contributed by atoms with Crippen LogP contribution in [0.5, 0.6) is 5.75 Å². The van der Waals surface area contributed by atoms with Crippen molar-refractivity contribution in [3.05, 3.63) is 36.1 Å². The number of ether oxygens (including phenoxy) is 6. The Balaban J connectivity index is 1.27. The van der Waals surface area contributed by atoms with Gasteiger partial charge in [0.15, 0.2) is 18.4 Å². The van der Waals surface area contributed by atoms with Gasteiger partial charge in [0.05, 0.1) is 50.8 Å². The first kappa shape index (κ1) is 29.3. The SMILES string of the molecule is COc1ccc(C2=COC3CC(O[C@@H]4O[C@H](CO)[C@@H](O)[C@H](O)[C@H]4O[C@@H]4OC[C@](O)(CO)[C@H]4O)CCC3C2=O)cc1. The van der Waals surface area contributed by atoms with Gasteiger partial charge < -0.3 is 59.1 Å².